The molecule has 0 radical (unpaired) electrons. The van der Waals surface area contributed by atoms with Gasteiger partial charge in [0, 0.05) is 30.6 Å². The lowest BCUT2D eigenvalue weighted by atomic mass is 9.90. The van der Waals surface area contributed by atoms with E-state index in [9.17, 15) is 9.59 Å². The molecule has 3 aromatic rings. The van der Waals surface area contributed by atoms with Gasteiger partial charge < -0.3 is 10.2 Å². The van der Waals surface area contributed by atoms with Crippen molar-refractivity contribution in [3.05, 3.63) is 88.7 Å². The third kappa shape index (κ3) is 5.02. The van der Waals surface area contributed by atoms with Crippen LogP contribution in [0.1, 0.15) is 67.1 Å². The summed E-state index contributed by atoms with van der Waals surface area (Å²) >= 11 is 0. The third-order valence-corrected chi connectivity index (χ3v) is 7.21. The molecule has 2 heterocycles. The lowest BCUT2D eigenvalue weighted by Crippen LogP contribution is -2.53. The zero-order valence-electron chi connectivity index (χ0n) is 20.6. The first kappa shape index (κ1) is 23.3. The third-order valence-electron chi connectivity index (χ3n) is 7.21. The number of benzene rings is 2. The van der Waals surface area contributed by atoms with Gasteiger partial charge in [0.25, 0.3) is 0 Å². The summed E-state index contributed by atoms with van der Waals surface area (Å²) in [5.41, 5.74) is 5.81. The van der Waals surface area contributed by atoms with Crippen molar-refractivity contribution in [2.24, 2.45) is 5.92 Å². The first-order valence-electron chi connectivity index (χ1n) is 12.7. The molecule has 1 aromatic heterocycles. The van der Waals surface area contributed by atoms with E-state index < -0.39 is 6.04 Å². The molecule has 0 spiro atoms. The molecule has 0 bridgehead atoms. The molecule has 1 aliphatic heterocycles. The molecule has 1 aliphatic carbocycles. The number of rotatable bonds is 6. The molecule has 0 saturated heterocycles. The molecule has 2 amide bonds. The van der Waals surface area contributed by atoms with Gasteiger partial charge in [0.15, 0.2) is 0 Å². The van der Waals surface area contributed by atoms with Gasteiger partial charge in [-0.05, 0) is 41.9 Å². The van der Waals surface area contributed by atoms with E-state index >= 15 is 0 Å². The smallest absolute Gasteiger partial charge is 0.243 e. The molecule has 2 aliphatic rings. The van der Waals surface area contributed by atoms with Gasteiger partial charge in [-0.15, -0.1) is 0 Å². The molecule has 2 atom stereocenters. The Hall–Kier alpha value is -3.41. The standard InChI is InChI=1S/C29H34N4O2/c1-20(2)15-28(34)32-19-23-12-7-6-11-22(23)16-27(32)29(35)31-25-13-8-14-26-24(25)17-30-33(26)18-21-9-4-3-5-10-21/h3-7,9-12,17,20,25,27H,8,13-16,18-19H2,1-2H3,(H,31,35). The molecule has 0 saturated carbocycles. The van der Waals surface area contributed by atoms with Crippen LogP contribution in [-0.2, 0) is 35.5 Å². The number of nitrogens with zero attached hydrogens (tertiary/aromatic N) is 3. The Balaban J connectivity index is 1.35. The summed E-state index contributed by atoms with van der Waals surface area (Å²) in [6.07, 6.45) is 5.77. The predicted octanol–water partition coefficient (Wildman–Crippen LogP) is 4.42. The second kappa shape index (κ2) is 10.1. The number of amides is 2. The van der Waals surface area contributed by atoms with Crippen molar-refractivity contribution in [2.75, 3.05) is 0 Å². The average Bonchev–Trinajstić information content (AvgIpc) is 3.27. The zero-order chi connectivity index (χ0) is 24.4. The predicted molar refractivity (Wildman–Crippen MR) is 136 cm³/mol. The number of fused-ring (bicyclic) bond motifs is 2. The van der Waals surface area contributed by atoms with E-state index in [0.29, 0.717) is 19.4 Å². The fraction of sp³-hybridized carbons (Fsp3) is 0.414. The highest BCUT2D eigenvalue weighted by molar-refractivity contribution is 5.89. The number of carbonyl (C=O) groups is 2. The second-order valence-corrected chi connectivity index (χ2v) is 10.3. The van der Waals surface area contributed by atoms with Crippen LogP contribution in [0.25, 0.3) is 0 Å². The number of hydrogen-bond donors (Lipinski definition) is 1. The maximum Gasteiger partial charge on any atom is 0.243 e. The van der Waals surface area contributed by atoms with Crippen molar-refractivity contribution in [2.45, 2.75) is 71.1 Å². The summed E-state index contributed by atoms with van der Waals surface area (Å²) < 4.78 is 2.07. The summed E-state index contributed by atoms with van der Waals surface area (Å²) in [6.45, 7) is 5.31. The van der Waals surface area contributed by atoms with Gasteiger partial charge in [0.2, 0.25) is 11.8 Å². The van der Waals surface area contributed by atoms with E-state index in [1.54, 1.807) is 4.90 Å². The van der Waals surface area contributed by atoms with E-state index in [2.05, 4.69) is 39.4 Å². The van der Waals surface area contributed by atoms with Crippen LogP contribution >= 0.6 is 0 Å². The SMILES string of the molecule is CC(C)CC(=O)N1Cc2ccccc2CC1C(=O)NC1CCCc2c1cnn2Cc1ccccc1. The molecular weight excluding hydrogens is 436 g/mol. The number of nitrogens with one attached hydrogen (secondary N) is 1. The Bertz CT molecular complexity index is 1200. The van der Waals surface area contributed by atoms with Crippen molar-refractivity contribution in [1.82, 2.24) is 20.0 Å². The molecule has 2 aromatic carbocycles. The quantitative estimate of drug-likeness (QED) is 0.580. The van der Waals surface area contributed by atoms with Gasteiger partial charge in [0.05, 0.1) is 18.8 Å². The lowest BCUT2D eigenvalue weighted by molar-refractivity contribution is -0.142. The first-order valence-corrected chi connectivity index (χ1v) is 12.7. The summed E-state index contributed by atoms with van der Waals surface area (Å²) in [4.78, 5) is 28.6. The van der Waals surface area contributed by atoms with Crippen LogP contribution in [0.2, 0.25) is 0 Å². The minimum absolute atomic E-state index is 0.0506. The van der Waals surface area contributed by atoms with Gasteiger partial charge in [0.1, 0.15) is 6.04 Å². The van der Waals surface area contributed by atoms with E-state index in [-0.39, 0.29) is 23.8 Å². The molecule has 1 N–H and O–H groups in total. The van der Waals surface area contributed by atoms with Crippen LogP contribution in [0.5, 0.6) is 0 Å². The Morgan fingerprint density at radius 3 is 2.57 bits per heavy atom. The Labute approximate surface area is 207 Å². The van der Waals surface area contributed by atoms with E-state index in [0.717, 1.165) is 42.5 Å². The molecule has 6 nitrogen and oxygen atoms in total. The summed E-state index contributed by atoms with van der Waals surface area (Å²) in [5.74, 6) is 0.236. The molecule has 35 heavy (non-hydrogen) atoms. The number of aromatic nitrogens is 2. The van der Waals surface area contributed by atoms with Gasteiger partial charge in [-0.2, -0.15) is 5.10 Å². The van der Waals surface area contributed by atoms with Gasteiger partial charge >= 0.3 is 0 Å². The van der Waals surface area contributed by atoms with Crippen LogP contribution < -0.4 is 5.32 Å². The van der Waals surface area contributed by atoms with Crippen molar-refractivity contribution in [1.29, 1.82) is 0 Å². The Kier molecular flexibility index (Phi) is 6.71. The highest BCUT2D eigenvalue weighted by Crippen LogP contribution is 2.31. The van der Waals surface area contributed by atoms with E-state index in [1.165, 1.54) is 11.3 Å². The fourth-order valence-electron chi connectivity index (χ4n) is 5.41. The zero-order valence-corrected chi connectivity index (χ0v) is 20.6. The maximum atomic E-state index is 13.7. The van der Waals surface area contributed by atoms with Gasteiger partial charge in [-0.1, -0.05) is 68.4 Å². The minimum atomic E-state index is -0.485. The summed E-state index contributed by atoms with van der Waals surface area (Å²) in [5, 5.41) is 7.97. The summed E-state index contributed by atoms with van der Waals surface area (Å²) in [6, 6.07) is 17.9. The first-order chi connectivity index (χ1) is 17.0. The number of hydrogen-bond acceptors (Lipinski definition) is 3. The highest BCUT2D eigenvalue weighted by Gasteiger charge is 2.36. The maximum absolute atomic E-state index is 13.7. The van der Waals surface area contributed by atoms with E-state index in [1.807, 2.05) is 50.4 Å². The normalized spacial score (nSPS) is 19.2. The molecule has 0 fully saturated rings. The van der Waals surface area contributed by atoms with Crippen molar-refractivity contribution >= 4 is 11.8 Å². The lowest BCUT2D eigenvalue weighted by Gasteiger charge is -2.37. The Morgan fingerprint density at radius 1 is 1.06 bits per heavy atom. The topological polar surface area (TPSA) is 67.2 Å². The monoisotopic (exact) mass is 470 g/mol. The Morgan fingerprint density at radius 2 is 1.80 bits per heavy atom. The van der Waals surface area contributed by atoms with Crippen molar-refractivity contribution in [3.63, 3.8) is 0 Å². The number of carbonyl (C=O) groups excluding carboxylic acids is 2. The highest BCUT2D eigenvalue weighted by atomic mass is 16.2. The molecule has 182 valence electrons. The van der Waals surface area contributed by atoms with Crippen LogP contribution in [0.3, 0.4) is 0 Å². The van der Waals surface area contributed by atoms with E-state index in [4.69, 9.17) is 0 Å². The second-order valence-electron chi connectivity index (χ2n) is 10.3. The van der Waals surface area contributed by atoms with Gasteiger partial charge in [-0.25, -0.2) is 0 Å². The minimum Gasteiger partial charge on any atom is -0.347 e. The summed E-state index contributed by atoms with van der Waals surface area (Å²) in [7, 11) is 0. The largest absolute Gasteiger partial charge is 0.347 e. The molecule has 6 heteroatoms. The van der Waals surface area contributed by atoms with Crippen LogP contribution in [0.15, 0.2) is 60.8 Å². The van der Waals surface area contributed by atoms with Crippen molar-refractivity contribution in [3.8, 4) is 0 Å². The van der Waals surface area contributed by atoms with Crippen LogP contribution in [-0.4, -0.2) is 32.5 Å². The molecule has 5 rings (SSSR count). The van der Waals surface area contributed by atoms with Crippen LogP contribution in [0, 0.1) is 5.92 Å². The fourth-order valence-corrected chi connectivity index (χ4v) is 5.41. The average molecular weight is 471 g/mol. The molecule has 2 unspecified atom stereocenters. The van der Waals surface area contributed by atoms with Crippen molar-refractivity contribution < 1.29 is 9.59 Å². The van der Waals surface area contributed by atoms with Gasteiger partial charge in [-0.3, -0.25) is 14.3 Å². The van der Waals surface area contributed by atoms with Crippen LogP contribution in [0.4, 0.5) is 0 Å². The molecular formula is C29H34N4O2.